The quantitative estimate of drug-likeness (QED) is 0.225. The van der Waals surface area contributed by atoms with Crippen molar-refractivity contribution in [3.05, 3.63) is 54.4 Å². The molecule has 3 N–H and O–H groups in total. The lowest BCUT2D eigenvalue weighted by molar-refractivity contribution is -0.146. The third-order valence-electron chi connectivity index (χ3n) is 6.70. The Morgan fingerprint density at radius 2 is 1.87 bits per heavy atom. The maximum atomic E-state index is 13.8. The Morgan fingerprint density at radius 3 is 2.51 bits per heavy atom. The molecule has 1 aromatic rings. The van der Waals surface area contributed by atoms with Gasteiger partial charge in [0, 0.05) is 18.0 Å². The summed E-state index contributed by atoms with van der Waals surface area (Å²) in [6.45, 7) is 6.78. The average Bonchev–Trinajstić information content (AvgIpc) is 3.21. The van der Waals surface area contributed by atoms with E-state index in [0.29, 0.717) is 12.0 Å². The van der Waals surface area contributed by atoms with Gasteiger partial charge in [-0.15, -0.1) is 0 Å². The van der Waals surface area contributed by atoms with Crippen molar-refractivity contribution in [2.24, 2.45) is 5.92 Å². The standard InChI is InChI=1S/C27H39N2O9P/c1-5-20(6-2)16-35-27(33)18(3)28-39(34,38-22-12-8-7-9-13-22)36-17-23-24(31)25(32)26(37-23)29-14-10-11-21(15-29)19(4)30/h7-10,12-15,18,20,23-26,31-32H,5-6,11,16-17H2,1-4H3,(H,28,34)/t18-,23+,24+,25+,26+,39?/m0/s1. The maximum absolute atomic E-state index is 13.8. The van der Waals surface area contributed by atoms with Gasteiger partial charge in [0.05, 0.1) is 13.2 Å². The van der Waals surface area contributed by atoms with Crippen LogP contribution in [0.3, 0.4) is 0 Å². The Kier molecular flexibility index (Phi) is 11.3. The zero-order valence-electron chi connectivity index (χ0n) is 22.8. The molecular formula is C27H39N2O9P. The molecule has 2 aliphatic rings. The SMILES string of the molecule is CCC(CC)COC(=O)[C@H](C)NP(=O)(OC[C@H]1O[C@@H](N2C=CCC(C(C)=O)=C2)[C@H](O)[C@@H]1O)Oc1ccccc1. The van der Waals surface area contributed by atoms with E-state index in [1.165, 1.54) is 18.7 Å². The number of aliphatic hydroxyl groups excluding tert-OH is 2. The van der Waals surface area contributed by atoms with E-state index in [1.54, 1.807) is 48.8 Å². The molecule has 0 amide bonds. The van der Waals surface area contributed by atoms with Gasteiger partial charge in [-0.3, -0.25) is 14.1 Å². The van der Waals surface area contributed by atoms with E-state index < -0.39 is 50.9 Å². The fraction of sp³-hybridized carbons (Fsp3) is 0.556. The van der Waals surface area contributed by atoms with Crippen LogP contribution in [0.1, 0.15) is 47.0 Å². The number of aliphatic hydroxyl groups is 2. The van der Waals surface area contributed by atoms with Crippen molar-refractivity contribution >= 4 is 19.5 Å². The number of hydrogen-bond acceptors (Lipinski definition) is 10. The number of hydrogen-bond donors (Lipinski definition) is 3. The van der Waals surface area contributed by atoms with Crippen LogP contribution >= 0.6 is 7.75 Å². The van der Waals surface area contributed by atoms with Crippen LogP contribution in [-0.2, 0) is 28.2 Å². The summed E-state index contributed by atoms with van der Waals surface area (Å²) in [7, 11) is -4.19. The Morgan fingerprint density at radius 1 is 1.18 bits per heavy atom. The minimum atomic E-state index is -4.19. The minimum absolute atomic E-state index is 0.116. The first-order valence-electron chi connectivity index (χ1n) is 13.2. The lowest BCUT2D eigenvalue weighted by atomic mass is 10.1. The number of rotatable bonds is 14. The van der Waals surface area contributed by atoms with Crippen LogP contribution in [0.25, 0.3) is 0 Å². The number of carbonyl (C=O) groups excluding carboxylic acids is 2. The van der Waals surface area contributed by atoms with Crippen LogP contribution < -0.4 is 9.61 Å². The first-order chi connectivity index (χ1) is 18.6. The molecule has 0 radical (unpaired) electrons. The Balaban J connectivity index is 1.69. The highest BCUT2D eigenvalue weighted by Gasteiger charge is 2.46. The zero-order valence-corrected chi connectivity index (χ0v) is 23.7. The normalized spacial score (nSPS) is 25.2. The predicted octanol–water partition coefficient (Wildman–Crippen LogP) is 3.29. The number of para-hydroxylation sites is 1. The zero-order chi connectivity index (χ0) is 28.6. The summed E-state index contributed by atoms with van der Waals surface area (Å²) >= 11 is 0. The highest BCUT2D eigenvalue weighted by Crippen LogP contribution is 2.45. The van der Waals surface area contributed by atoms with Crippen molar-refractivity contribution in [3.8, 4) is 5.75 Å². The van der Waals surface area contributed by atoms with Gasteiger partial charge in [-0.05, 0) is 38.3 Å². The van der Waals surface area contributed by atoms with Gasteiger partial charge >= 0.3 is 13.7 Å². The van der Waals surface area contributed by atoms with Gasteiger partial charge in [0.2, 0.25) is 0 Å². The van der Waals surface area contributed by atoms with Crippen LogP contribution in [-0.4, -0.2) is 70.7 Å². The number of esters is 1. The van der Waals surface area contributed by atoms with E-state index in [-0.39, 0.29) is 24.1 Å². The number of ketones is 1. The second-order valence-corrected chi connectivity index (χ2v) is 11.3. The van der Waals surface area contributed by atoms with E-state index in [9.17, 15) is 24.4 Å². The number of nitrogens with one attached hydrogen (secondary N) is 1. The Hall–Kier alpha value is -2.53. The molecule has 0 aliphatic carbocycles. The predicted molar refractivity (Wildman–Crippen MR) is 143 cm³/mol. The van der Waals surface area contributed by atoms with Crippen molar-refractivity contribution in [2.45, 2.75) is 77.5 Å². The van der Waals surface area contributed by atoms with Crippen molar-refractivity contribution in [1.82, 2.24) is 9.99 Å². The van der Waals surface area contributed by atoms with Gasteiger partial charge in [0.25, 0.3) is 0 Å². The van der Waals surface area contributed by atoms with E-state index >= 15 is 0 Å². The van der Waals surface area contributed by atoms with Crippen LogP contribution in [0, 0.1) is 5.92 Å². The molecule has 1 saturated heterocycles. The molecule has 2 aliphatic heterocycles. The van der Waals surface area contributed by atoms with Crippen LogP contribution in [0.4, 0.5) is 0 Å². The van der Waals surface area contributed by atoms with E-state index in [0.717, 1.165) is 12.8 Å². The number of Topliss-reactive ketones (excluding diaryl/α,β-unsaturated/α-hetero) is 1. The summed E-state index contributed by atoms with van der Waals surface area (Å²) < 4.78 is 36.3. The molecule has 0 saturated carbocycles. The van der Waals surface area contributed by atoms with Gasteiger partial charge in [0.15, 0.2) is 12.0 Å². The topological polar surface area (TPSA) is 144 Å². The van der Waals surface area contributed by atoms with Crippen molar-refractivity contribution < 1.29 is 42.9 Å². The molecule has 2 heterocycles. The number of carbonyl (C=O) groups is 2. The highest BCUT2D eigenvalue weighted by atomic mass is 31.2. The van der Waals surface area contributed by atoms with E-state index in [2.05, 4.69) is 5.09 Å². The van der Waals surface area contributed by atoms with E-state index in [1.807, 2.05) is 13.8 Å². The lowest BCUT2D eigenvalue weighted by Gasteiger charge is -2.28. The second kappa shape index (κ2) is 14.2. The summed E-state index contributed by atoms with van der Waals surface area (Å²) in [5.74, 6) is -0.270. The summed E-state index contributed by atoms with van der Waals surface area (Å²) in [5, 5.41) is 23.9. The summed E-state index contributed by atoms with van der Waals surface area (Å²) in [5.41, 5.74) is 0.525. The minimum Gasteiger partial charge on any atom is -0.464 e. The second-order valence-electron chi connectivity index (χ2n) is 9.65. The lowest BCUT2D eigenvalue weighted by Crippen LogP contribution is -2.40. The molecule has 12 heteroatoms. The van der Waals surface area contributed by atoms with Crippen molar-refractivity contribution in [1.29, 1.82) is 0 Å². The molecule has 6 atom stereocenters. The first kappa shape index (κ1) is 31.0. The van der Waals surface area contributed by atoms with Crippen LogP contribution in [0.2, 0.25) is 0 Å². The fourth-order valence-electron chi connectivity index (χ4n) is 4.10. The fourth-order valence-corrected chi connectivity index (χ4v) is 5.61. The largest absolute Gasteiger partial charge is 0.464 e. The number of nitrogens with zero attached hydrogens (tertiary/aromatic N) is 1. The molecule has 3 rings (SSSR count). The molecule has 1 aromatic carbocycles. The summed E-state index contributed by atoms with van der Waals surface area (Å²) in [4.78, 5) is 25.9. The van der Waals surface area contributed by atoms with E-state index in [4.69, 9.17) is 18.5 Å². The van der Waals surface area contributed by atoms with Crippen LogP contribution in [0.5, 0.6) is 5.75 Å². The van der Waals surface area contributed by atoms with Gasteiger partial charge < -0.3 is 29.1 Å². The molecule has 0 bridgehead atoms. The molecule has 39 heavy (non-hydrogen) atoms. The van der Waals surface area contributed by atoms with Crippen molar-refractivity contribution in [2.75, 3.05) is 13.2 Å². The summed E-state index contributed by atoms with van der Waals surface area (Å²) in [6.07, 6.45) is 2.33. The first-order valence-corrected chi connectivity index (χ1v) is 14.7. The summed E-state index contributed by atoms with van der Waals surface area (Å²) in [6, 6.07) is 7.26. The third-order valence-corrected chi connectivity index (χ3v) is 8.35. The van der Waals surface area contributed by atoms with Gasteiger partial charge in [0.1, 0.15) is 30.1 Å². The maximum Gasteiger partial charge on any atom is 0.459 e. The molecule has 1 fully saturated rings. The molecule has 0 spiro atoms. The Bertz CT molecular complexity index is 1080. The number of ether oxygens (including phenoxy) is 2. The molecular weight excluding hydrogens is 527 g/mol. The Labute approximate surface area is 229 Å². The van der Waals surface area contributed by atoms with Gasteiger partial charge in [-0.25, -0.2) is 4.57 Å². The number of benzene rings is 1. The van der Waals surface area contributed by atoms with Gasteiger partial charge in [-0.2, -0.15) is 5.09 Å². The monoisotopic (exact) mass is 566 g/mol. The average molecular weight is 567 g/mol. The molecule has 216 valence electrons. The molecule has 11 nitrogen and oxygen atoms in total. The van der Waals surface area contributed by atoms with Gasteiger partial charge in [-0.1, -0.05) is 51.0 Å². The highest BCUT2D eigenvalue weighted by molar-refractivity contribution is 7.52. The smallest absolute Gasteiger partial charge is 0.459 e. The van der Waals surface area contributed by atoms with Crippen molar-refractivity contribution in [3.63, 3.8) is 0 Å². The molecule has 0 aromatic heterocycles. The molecule has 1 unspecified atom stereocenters. The third kappa shape index (κ3) is 8.48. The van der Waals surface area contributed by atoms with Crippen LogP contribution in [0.15, 0.2) is 54.4 Å². The number of allylic oxidation sites excluding steroid dienone is 2.